The molecule has 0 saturated heterocycles. The summed E-state index contributed by atoms with van der Waals surface area (Å²) in [6, 6.07) is 5.05. The van der Waals surface area contributed by atoms with Crippen LogP contribution in [0.5, 0.6) is 11.6 Å². The van der Waals surface area contributed by atoms with Crippen molar-refractivity contribution < 1.29 is 4.74 Å². The molecule has 2 N–H and O–H groups in total. The van der Waals surface area contributed by atoms with Gasteiger partial charge in [0.05, 0.1) is 5.69 Å². The van der Waals surface area contributed by atoms with Gasteiger partial charge in [0.2, 0.25) is 11.8 Å². The van der Waals surface area contributed by atoms with Crippen LogP contribution in [0.15, 0.2) is 24.4 Å². The zero-order chi connectivity index (χ0) is 11.5. The Labute approximate surface area is 97.3 Å². The highest BCUT2D eigenvalue weighted by atomic mass is 35.5. The number of halogens is 1. The first-order chi connectivity index (χ1) is 7.65. The van der Waals surface area contributed by atoms with Crippen LogP contribution >= 0.6 is 11.6 Å². The molecule has 0 spiro atoms. The molecule has 6 heteroatoms. The van der Waals surface area contributed by atoms with E-state index >= 15 is 0 Å². The van der Waals surface area contributed by atoms with Gasteiger partial charge in [-0.3, -0.25) is 4.98 Å². The van der Waals surface area contributed by atoms with Crippen LogP contribution < -0.4 is 10.5 Å². The number of aryl methyl sites for hydroxylation is 1. The smallest absolute Gasteiger partial charge is 0.225 e. The van der Waals surface area contributed by atoms with Crippen molar-refractivity contribution in [1.29, 1.82) is 0 Å². The molecule has 0 atom stereocenters. The number of nitrogens with two attached hydrogens (primary N) is 1. The first-order valence-electron chi connectivity index (χ1n) is 4.54. The van der Waals surface area contributed by atoms with Crippen molar-refractivity contribution in [1.82, 2.24) is 15.0 Å². The van der Waals surface area contributed by atoms with Crippen molar-refractivity contribution in [3.05, 3.63) is 35.2 Å². The summed E-state index contributed by atoms with van der Waals surface area (Å²) < 4.78 is 5.49. The third-order valence-electron chi connectivity index (χ3n) is 1.86. The van der Waals surface area contributed by atoms with E-state index in [1.807, 2.05) is 6.92 Å². The molecular weight excluding hydrogens is 228 g/mol. The Hall–Kier alpha value is -1.88. The highest BCUT2D eigenvalue weighted by molar-refractivity contribution is 6.29. The molecule has 0 bridgehead atoms. The molecule has 2 aromatic rings. The average molecular weight is 237 g/mol. The van der Waals surface area contributed by atoms with Gasteiger partial charge in [0, 0.05) is 12.3 Å². The Kier molecular flexibility index (Phi) is 2.87. The standard InChI is InChI=1S/C10H9ClN4O/c1-6-7(3-2-4-13-6)16-9-5-8(11)14-10(12)15-9/h2-5H,1H3,(H2,12,14,15). The lowest BCUT2D eigenvalue weighted by Gasteiger charge is -2.06. The lowest BCUT2D eigenvalue weighted by Crippen LogP contribution is -1.98. The van der Waals surface area contributed by atoms with Gasteiger partial charge in [-0.05, 0) is 19.1 Å². The molecule has 0 aliphatic carbocycles. The number of hydrogen-bond acceptors (Lipinski definition) is 5. The summed E-state index contributed by atoms with van der Waals surface area (Å²) in [7, 11) is 0. The van der Waals surface area contributed by atoms with E-state index in [0.29, 0.717) is 11.6 Å². The summed E-state index contributed by atoms with van der Waals surface area (Å²) in [5.41, 5.74) is 6.21. The Morgan fingerprint density at radius 1 is 1.38 bits per heavy atom. The summed E-state index contributed by atoms with van der Waals surface area (Å²) >= 11 is 5.73. The predicted octanol–water partition coefficient (Wildman–Crippen LogP) is 2.21. The van der Waals surface area contributed by atoms with E-state index in [9.17, 15) is 0 Å². The second-order valence-electron chi connectivity index (χ2n) is 3.08. The number of ether oxygens (including phenoxy) is 1. The van der Waals surface area contributed by atoms with Crippen molar-refractivity contribution in [3.63, 3.8) is 0 Å². The summed E-state index contributed by atoms with van der Waals surface area (Å²) in [5, 5.41) is 0.240. The van der Waals surface area contributed by atoms with Gasteiger partial charge in [-0.1, -0.05) is 11.6 Å². The summed E-state index contributed by atoms with van der Waals surface area (Å²) in [5.74, 6) is 0.981. The van der Waals surface area contributed by atoms with Gasteiger partial charge in [-0.25, -0.2) is 4.98 Å². The average Bonchev–Trinajstić information content (AvgIpc) is 2.20. The Bertz CT molecular complexity index is 498. The Balaban J connectivity index is 2.30. The zero-order valence-corrected chi connectivity index (χ0v) is 9.27. The molecule has 0 radical (unpaired) electrons. The van der Waals surface area contributed by atoms with Crippen molar-refractivity contribution in [2.75, 3.05) is 5.73 Å². The maximum Gasteiger partial charge on any atom is 0.225 e. The van der Waals surface area contributed by atoms with Crippen LogP contribution in [0.4, 0.5) is 5.95 Å². The molecule has 0 saturated carbocycles. The Morgan fingerprint density at radius 3 is 2.88 bits per heavy atom. The SMILES string of the molecule is Cc1ncccc1Oc1cc(Cl)nc(N)n1. The molecular formula is C10H9ClN4O. The van der Waals surface area contributed by atoms with Crippen LogP contribution in [-0.2, 0) is 0 Å². The van der Waals surface area contributed by atoms with Crippen molar-refractivity contribution in [2.45, 2.75) is 6.92 Å². The number of aromatic nitrogens is 3. The lowest BCUT2D eigenvalue weighted by molar-refractivity contribution is 0.456. The number of rotatable bonds is 2. The molecule has 0 unspecified atom stereocenters. The fourth-order valence-electron chi connectivity index (χ4n) is 1.16. The number of anilines is 1. The summed E-state index contributed by atoms with van der Waals surface area (Å²) in [4.78, 5) is 11.7. The topological polar surface area (TPSA) is 73.9 Å². The van der Waals surface area contributed by atoms with Gasteiger partial charge >= 0.3 is 0 Å². The molecule has 2 aromatic heterocycles. The normalized spacial score (nSPS) is 10.1. The molecule has 0 fully saturated rings. The molecule has 16 heavy (non-hydrogen) atoms. The third kappa shape index (κ3) is 2.38. The van der Waals surface area contributed by atoms with E-state index in [2.05, 4.69) is 15.0 Å². The van der Waals surface area contributed by atoms with E-state index < -0.39 is 0 Å². The van der Waals surface area contributed by atoms with Gasteiger partial charge in [0.25, 0.3) is 0 Å². The molecule has 82 valence electrons. The molecule has 0 aliphatic rings. The van der Waals surface area contributed by atoms with Crippen molar-refractivity contribution in [3.8, 4) is 11.6 Å². The fourth-order valence-corrected chi connectivity index (χ4v) is 1.34. The van der Waals surface area contributed by atoms with Crippen molar-refractivity contribution >= 4 is 17.5 Å². The van der Waals surface area contributed by atoms with Crippen LogP contribution in [0.1, 0.15) is 5.69 Å². The maximum absolute atomic E-state index is 5.73. The van der Waals surface area contributed by atoms with Gasteiger partial charge in [-0.15, -0.1) is 0 Å². The Morgan fingerprint density at radius 2 is 2.19 bits per heavy atom. The summed E-state index contributed by atoms with van der Waals surface area (Å²) in [6.45, 7) is 1.83. The maximum atomic E-state index is 5.73. The van der Waals surface area contributed by atoms with Crippen molar-refractivity contribution in [2.24, 2.45) is 0 Å². The number of nitrogens with zero attached hydrogens (tertiary/aromatic N) is 3. The molecule has 0 amide bonds. The second-order valence-corrected chi connectivity index (χ2v) is 3.46. The van der Waals surface area contributed by atoms with E-state index in [1.165, 1.54) is 6.07 Å². The lowest BCUT2D eigenvalue weighted by atomic mass is 10.3. The largest absolute Gasteiger partial charge is 0.437 e. The molecule has 5 nitrogen and oxygen atoms in total. The minimum Gasteiger partial charge on any atom is -0.437 e. The van der Waals surface area contributed by atoms with Crippen LogP contribution in [0.3, 0.4) is 0 Å². The fraction of sp³-hybridized carbons (Fsp3) is 0.100. The van der Waals surface area contributed by atoms with Gasteiger partial charge in [-0.2, -0.15) is 4.98 Å². The van der Waals surface area contributed by atoms with Crippen LogP contribution in [0.25, 0.3) is 0 Å². The quantitative estimate of drug-likeness (QED) is 0.810. The second kappa shape index (κ2) is 4.32. The van der Waals surface area contributed by atoms with Gasteiger partial charge < -0.3 is 10.5 Å². The van der Waals surface area contributed by atoms with Crippen LogP contribution in [0.2, 0.25) is 5.15 Å². The first-order valence-corrected chi connectivity index (χ1v) is 4.92. The molecule has 2 heterocycles. The number of pyridine rings is 1. The molecule has 0 aromatic carbocycles. The summed E-state index contributed by atoms with van der Waals surface area (Å²) in [6.07, 6.45) is 1.68. The third-order valence-corrected chi connectivity index (χ3v) is 2.06. The minimum atomic E-state index is 0.0732. The van der Waals surface area contributed by atoms with E-state index in [0.717, 1.165) is 5.69 Å². The zero-order valence-electron chi connectivity index (χ0n) is 8.51. The first kappa shape index (κ1) is 10.6. The van der Waals surface area contributed by atoms with Crippen LogP contribution in [0, 0.1) is 6.92 Å². The number of nitrogen functional groups attached to an aromatic ring is 1. The monoisotopic (exact) mass is 236 g/mol. The molecule has 0 aliphatic heterocycles. The highest BCUT2D eigenvalue weighted by Crippen LogP contribution is 2.23. The predicted molar refractivity (Wildman–Crippen MR) is 60.5 cm³/mol. The van der Waals surface area contributed by atoms with E-state index in [1.54, 1.807) is 18.3 Å². The number of hydrogen-bond donors (Lipinski definition) is 1. The minimum absolute atomic E-state index is 0.0732. The van der Waals surface area contributed by atoms with E-state index in [-0.39, 0.29) is 11.1 Å². The van der Waals surface area contributed by atoms with E-state index in [4.69, 9.17) is 22.1 Å². The van der Waals surface area contributed by atoms with Crippen LogP contribution in [-0.4, -0.2) is 15.0 Å². The highest BCUT2D eigenvalue weighted by Gasteiger charge is 2.05. The van der Waals surface area contributed by atoms with Gasteiger partial charge in [0.15, 0.2) is 5.75 Å². The van der Waals surface area contributed by atoms with Gasteiger partial charge in [0.1, 0.15) is 5.15 Å². The molecule has 2 rings (SSSR count).